The number of nitrogens with one attached hydrogen (secondary N) is 2. The Morgan fingerprint density at radius 2 is 1.96 bits per heavy atom. The van der Waals surface area contributed by atoms with Gasteiger partial charge in [0.2, 0.25) is 0 Å². The minimum atomic E-state index is -4.37. The Kier molecular flexibility index (Phi) is 6.51. The maximum Gasteiger partial charge on any atom is 0.416 e. The number of alkyl halides is 3. The normalized spacial score (nSPS) is 12.0. The molecule has 0 aliphatic carbocycles. The summed E-state index contributed by atoms with van der Waals surface area (Å²) < 4.78 is 38.7. The molecule has 0 bridgehead atoms. The Balaban J connectivity index is 1.58. The first-order valence-electron chi connectivity index (χ1n) is 9.38. The van der Waals surface area contributed by atoms with Gasteiger partial charge in [0.1, 0.15) is 5.82 Å². The van der Waals surface area contributed by atoms with E-state index in [0.717, 1.165) is 62.7 Å². The van der Waals surface area contributed by atoms with Gasteiger partial charge >= 0.3 is 6.18 Å². The number of halogens is 3. The fourth-order valence-electron chi connectivity index (χ4n) is 3.19. The molecule has 1 aromatic carbocycles. The lowest BCUT2D eigenvalue weighted by atomic mass is 10.1. The Hall–Kier alpha value is -2.61. The van der Waals surface area contributed by atoms with Crippen molar-refractivity contribution >= 4 is 16.6 Å². The van der Waals surface area contributed by atoms with Crippen molar-refractivity contribution in [2.24, 2.45) is 0 Å². The molecule has 0 fully saturated rings. The summed E-state index contributed by atoms with van der Waals surface area (Å²) in [7, 11) is 0. The van der Waals surface area contributed by atoms with Crippen LogP contribution in [0.25, 0.3) is 10.9 Å². The summed E-state index contributed by atoms with van der Waals surface area (Å²) in [6.45, 7) is 5.53. The number of anilines is 1. The maximum atomic E-state index is 12.9. The van der Waals surface area contributed by atoms with Gasteiger partial charge in [-0.05, 0) is 37.6 Å². The molecule has 2 aromatic heterocycles. The zero-order valence-corrected chi connectivity index (χ0v) is 15.8. The second-order valence-electron chi connectivity index (χ2n) is 6.68. The van der Waals surface area contributed by atoms with E-state index in [9.17, 15) is 13.2 Å². The summed E-state index contributed by atoms with van der Waals surface area (Å²) in [6, 6.07) is 5.46. The zero-order valence-electron chi connectivity index (χ0n) is 15.8. The van der Waals surface area contributed by atoms with Gasteiger partial charge in [-0.15, -0.1) is 0 Å². The van der Waals surface area contributed by atoms with Crippen molar-refractivity contribution in [3.8, 4) is 0 Å². The van der Waals surface area contributed by atoms with Crippen LogP contribution >= 0.6 is 0 Å². The second-order valence-corrected chi connectivity index (χ2v) is 6.68. The molecule has 0 saturated carbocycles. The molecule has 0 aliphatic rings. The van der Waals surface area contributed by atoms with E-state index in [4.69, 9.17) is 0 Å². The number of nitrogens with zero attached hydrogens (tertiary/aromatic N) is 3. The van der Waals surface area contributed by atoms with Gasteiger partial charge in [0, 0.05) is 42.8 Å². The lowest BCUT2D eigenvalue weighted by Crippen LogP contribution is -2.27. The summed E-state index contributed by atoms with van der Waals surface area (Å²) >= 11 is 0. The molecule has 28 heavy (non-hydrogen) atoms. The fourth-order valence-corrected chi connectivity index (χ4v) is 3.19. The highest BCUT2D eigenvalue weighted by atomic mass is 19.4. The molecule has 0 amide bonds. The molecule has 0 saturated heterocycles. The van der Waals surface area contributed by atoms with Crippen molar-refractivity contribution in [1.29, 1.82) is 0 Å². The van der Waals surface area contributed by atoms with E-state index in [2.05, 4.69) is 32.1 Å². The Bertz CT molecular complexity index is 877. The van der Waals surface area contributed by atoms with E-state index in [1.165, 1.54) is 12.3 Å². The molecule has 0 spiro atoms. The summed E-state index contributed by atoms with van der Waals surface area (Å²) in [5, 5.41) is 4.02. The molecular weight excluding hydrogens is 367 g/mol. The van der Waals surface area contributed by atoms with Crippen LogP contribution in [-0.4, -0.2) is 39.5 Å². The van der Waals surface area contributed by atoms with Gasteiger partial charge in [0.05, 0.1) is 17.6 Å². The van der Waals surface area contributed by atoms with Gasteiger partial charge in [-0.3, -0.25) is 9.88 Å². The second kappa shape index (κ2) is 9.05. The van der Waals surface area contributed by atoms with Crippen LogP contribution in [0.4, 0.5) is 18.9 Å². The lowest BCUT2D eigenvalue weighted by Gasteiger charge is -2.20. The van der Waals surface area contributed by atoms with Gasteiger partial charge < -0.3 is 10.3 Å². The molecule has 0 aliphatic heterocycles. The largest absolute Gasteiger partial charge is 0.416 e. The molecule has 2 N–H and O–H groups in total. The third-order valence-corrected chi connectivity index (χ3v) is 4.50. The van der Waals surface area contributed by atoms with Crippen molar-refractivity contribution in [2.45, 2.75) is 32.5 Å². The average molecular weight is 391 g/mol. The number of aromatic amines is 1. The number of imidazole rings is 1. The van der Waals surface area contributed by atoms with E-state index in [-0.39, 0.29) is 0 Å². The minimum Gasteiger partial charge on any atom is -0.384 e. The molecule has 0 unspecified atom stereocenters. The number of hydrogen-bond donors (Lipinski definition) is 2. The molecular formula is C20H24F3N5. The van der Waals surface area contributed by atoms with Gasteiger partial charge in [-0.2, -0.15) is 13.2 Å². The van der Waals surface area contributed by atoms with E-state index >= 15 is 0 Å². The van der Waals surface area contributed by atoms with Crippen LogP contribution in [0, 0.1) is 0 Å². The van der Waals surface area contributed by atoms with Crippen LogP contribution in [0.15, 0.2) is 42.9 Å². The number of aromatic nitrogens is 3. The Labute approximate surface area is 162 Å². The highest BCUT2D eigenvalue weighted by Crippen LogP contribution is 2.32. The van der Waals surface area contributed by atoms with Gasteiger partial charge in [0.15, 0.2) is 0 Å². The predicted octanol–water partition coefficient (Wildman–Crippen LogP) is 4.69. The standard InChI is InChI=1S/C20H24F3N5/c1-2-11-28(14-19-26-9-10-27-19)12-3-7-24-17-6-8-25-18-13-15(20(21,22)23)4-5-16(17)18/h4-6,8-10,13H,2-3,7,11-12,14H2,1H3,(H,24,25)(H,26,27). The monoisotopic (exact) mass is 391 g/mol. The fraction of sp³-hybridized carbons (Fsp3) is 0.400. The molecule has 2 heterocycles. The number of fused-ring (bicyclic) bond motifs is 1. The Morgan fingerprint density at radius 3 is 2.68 bits per heavy atom. The van der Waals surface area contributed by atoms with Crippen LogP contribution in [0.2, 0.25) is 0 Å². The SMILES string of the molecule is CCCN(CCCNc1ccnc2cc(C(F)(F)F)ccc12)Cc1ncc[nH]1. The topological polar surface area (TPSA) is 56.8 Å². The van der Waals surface area contributed by atoms with Gasteiger partial charge in [-0.25, -0.2) is 4.98 Å². The molecule has 5 nitrogen and oxygen atoms in total. The quantitative estimate of drug-likeness (QED) is 0.520. The predicted molar refractivity (Wildman–Crippen MR) is 104 cm³/mol. The van der Waals surface area contributed by atoms with Crippen molar-refractivity contribution in [3.05, 3.63) is 54.2 Å². The van der Waals surface area contributed by atoms with Crippen LogP contribution in [0.3, 0.4) is 0 Å². The first-order chi connectivity index (χ1) is 13.5. The minimum absolute atomic E-state index is 0.338. The molecule has 3 rings (SSSR count). The van der Waals surface area contributed by atoms with Gasteiger partial charge in [0.25, 0.3) is 0 Å². The summed E-state index contributed by atoms with van der Waals surface area (Å²) in [5.74, 6) is 0.946. The highest BCUT2D eigenvalue weighted by Gasteiger charge is 2.30. The van der Waals surface area contributed by atoms with Crippen LogP contribution < -0.4 is 5.32 Å². The summed E-state index contributed by atoms with van der Waals surface area (Å²) in [4.78, 5) is 13.8. The molecule has 3 aromatic rings. The summed E-state index contributed by atoms with van der Waals surface area (Å²) in [5.41, 5.74) is 0.454. The van der Waals surface area contributed by atoms with Crippen LogP contribution in [-0.2, 0) is 12.7 Å². The third-order valence-electron chi connectivity index (χ3n) is 4.50. The Morgan fingerprint density at radius 1 is 1.11 bits per heavy atom. The van der Waals surface area contributed by atoms with E-state index in [1.54, 1.807) is 12.3 Å². The first kappa shape index (κ1) is 20.1. The first-order valence-corrected chi connectivity index (χ1v) is 9.38. The smallest absolute Gasteiger partial charge is 0.384 e. The number of H-pyrrole nitrogens is 1. The number of rotatable bonds is 9. The maximum absolute atomic E-state index is 12.9. The molecule has 0 radical (unpaired) electrons. The highest BCUT2D eigenvalue weighted by molar-refractivity contribution is 5.91. The average Bonchev–Trinajstić information content (AvgIpc) is 3.17. The van der Waals surface area contributed by atoms with Crippen LogP contribution in [0.5, 0.6) is 0 Å². The van der Waals surface area contributed by atoms with E-state index < -0.39 is 11.7 Å². The van der Waals surface area contributed by atoms with Crippen LogP contribution in [0.1, 0.15) is 31.2 Å². The van der Waals surface area contributed by atoms with Crippen molar-refractivity contribution < 1.29 is 13.2 Å². The number of pyridine rings is 1. The number of benzene rings is 1. The van der Waals surface area contributed by atoms with Crippen molar-refractivity contribution in [2.75, 3.05) is 25.0 Å². The van der Waals surface area contributed by atoms with Gasteiger partial charge in [-0.1, -0.05) is 13.0 Å². The van der Waals surface area contributed by atoms with Crippen molar-refractivity contribution in [3.63, 3.8) is 0 Å². The van der Waals surface area contributed by atoms with E-state index in [0.29, 0.717) is 10.9 Å². The van der Waals surface area contributed by atoms with E-state index in [1.807, 2.05) is 6.20 Å². The lowest BCUT2D eigenvalue weighted by molar-refractivity contribution is -0.137. The molecule has 8 heteroatoms. The molecule has 0 atom stereocenters. The number of hydrogen-bond acceptors (Lipinski definition) is 4. The molecule has 150 valence electrons. The van der Waals surface area contributed by atoms with Crippen molar-refractivity contribution in [1.82, 2.24) is 19.9 Å². The summed E-state index contributed by atoms with van der Waals surface area (Å²) in [6.07, 6.45) is 2.70. The zero-order chi connectivity index (χ0) is 20.0. The third kappa shape index (κ3) is 5.22.